The summed E-state index contributed by atoms with van der Waals surface area (Å²) in [4.78, 5) is 0. The van der Waals surface area contributed by atoms with Gasteiger partial charge >= 0.3 is 0 Å². The molecule has 1 aromatic rings. The highest BCUT2D eigenvalue weighted by molar-refractivity contribution is 9.10. The molecule has 0 aliphatic carbocycles. The van der Waals surface area contributed by atoms with E-state index in [2.05, 4.69) is 15.9 Å². The van der Waals surface area contributed by atoms with Gasteiger partial charge in [0.25, 0.3) is 0 Å². The van der Waals surface area contributed by atoms with Gasteiger partial charge in [-0.2, -0.15) is 0 Å². The predicted molar refractivity (Wildman–Crippen MR) is 72.6 cm³/mol. The summed E-state index contributed by atoms with van der Waals surface area (Å²) < 4.78 is 37.7. The summed E-state index contributed by atoms with van der Waals surface area (Å²) in [6, 6.07) is 4.70. The molecule has 0 radical (unpaired) electrons. The van der Waals surface area contributed by atoms with E-state index in [1.54, 1.807) is 12.1 Å². The van der Waals surface area contributed by atoms with Crippen LogP contribution in [0, 0.1) is 11.2 Å². The van der Waals surface area contributed by atoms with Crippen LogP contribution in [0.4, 0.5) is 4.39 Å². The molecule has 1 heterocycles. The Morgan fingerprint density at radius 3 is 2.72 bits per heavy atom. The minimum atomic E-state index is -3.02. The Balaban J connectivity index is 2.29. The minimum absolute atomic E-state index is 0.0580. The van der Waals surface area contributed by atoms with E-state index < -0.39 is 15.3 Å². The van der Waals surface area contributed by atoms with Gasteiger partial charge in [-0.25, -0.2) is 12.8 Å². The van der Waals surface area contributed by atoms with Crippen LogP contribution in [0.3, 0.4) is 0 Å². The van der Waals surface area contributed by atoms with Crippen molar-refractivity contribution in [1.29, 1.82) is 0 Å². The van der Waals surface area contributed by atoms with Gasteiger partial charge in [-0.1, -0.05) is 15.9 Å². The number of hydrogen-bond acceptors (Lipinski definition) is 3. The SMILES string of the molecule is NCC1(Cc2cc(Br)ccc2F)CCS(=O)(=O)C1. The van der Waals surface area contributed by atoms with Gasteiger partial charge < -0.3 is 5.73 Å². The highest BCUT2D eigenvalue weighted by Crippen LogP contribution is 2.35. The van der Waals surface area contributed by atoms with Crippen LogP contribution < -0.4 is 5.73 Å². The fraction of sp³-hybridized carbons (Fsp3) is 0.500. The van der Waals surface area contributed by atoms with Crippen LogP contribution >= 0.6 is 15.9 Å². The number of rotatable bonds is 3. The first-order valence-electron chi connectivity index (χ1n) is 5.70. The number of hydrogen-bond donors (Lipinski definition) is 1. The maximum atomic E-state index is 13.7. The predicted octanol–water partition coefficient (Wildman–Crippen LogP) is 1.89. The van der Waals surface area contributed by atoms with Crippen molar-refractivity contribution in [3.8, 4) is 0 Å². The summed E-state index contributed by atoms with van der Waals surface area (Å²) in [7, 11) is -3.02. The highest BCUT2D eigenvalue weighted by atomic mass is 79.9. The molecule has 1 aliphatic rings. The molecule has 3 nitrogen and oxygen atoms in total. The molecule has 1 unspecified atom stereocenters. The molecule has 1 aromatic carbocycles. The van der Waals surface area contributed by atoms with Crippen LogP contribution in [0.1, 0.15) is 12.0 Å². The quantitative estimate of drug-likeness (QED) is 0.917. The largest absolute Gasteiger partial charge is 0.330 e. The molecule has 0 aromatic heterocycles. The smallest absolute Gasteiger partial charge is 0.150 e. The molecule has 1 fully saturated rings. The monoisotopic (exact) mass is 335 g/mol. The van der Waals surface area contributed by atoms with E-state index in [1.807, 2.05) is 0 Å². The highest BCUT2D eigenvalue weighted by Gasteiger charge is 2.41. The molecule has 1 saturated heterocycles. The Bertz CT molecular complexity index is 561. The Morgan fingerprint density at radius 1 is 1.44 bits per heavy atom. The molecule has 1 aliphatic heterocycles. The Morgan fingerprint density at radius 2 is 2.17 bits per heavy atom. The maximum Gasteiger partial charge on any atom is 0.150 e. The zero-order valence-electron chi connectivity index (χ0n) is 9.83. The van der Waals surface area contributed by atoms with E-state index in [1.165, 1.54) is 6.07 Å². The van der Waals surface area contributed by atoms with Crippen molar-refractivity contribution < 1.29 is 12.8 Å². The number of halogens is 2. The lowest BCUT2D eigenvalue weighted by atomic mass is 9.81. The summed E-state index contributed by atoms with van der Waals surface area (Å²) in [5.41, 5.74) is 5.73. The van der Waals surface area contributed by atoms with E-state index in [0.717, 1.165) is 4.47 Å². The molecule has 0 spiro atoms. The molecule has 0 bridgehead atoms. The summed E-state index contributed by atoms with van der Waals surface area (Å²) in [5, 5.41) is 0. The molecule has 0 saturated carbocycles. The Hall–Kier alpha value is -0.460. The minimum Gasteiger partial charge on any atom is -0.330 e. The Kier molecular flexibility index (Phi) is 3.80. The van der Waals surface area contributed by atoms with Crippen molar-refractivity contribution in [1.82, 2.24) is 0 Å². The van der Waals surface area contributed by atoms with E-state index in [9.17, 15) is 12.8 Å². The summed E-state index contributed by atoms with van der Waals surface area (Å²) in [5.74, 6) is -0.0993. The molecule has 2 N–H and O–H groups in total. The lowest BCUT2D eigenvalue weighted by Crippen LogP contribution is -2.34. The van der Waals surface area contributed by atoms with Gasteiger partial charge in [0.2, 0.25) is 0 Å². The summed E-state index contributed by atoms with van der Waals surface area (Å²) in [6.45, 7) is 0.262. The topological polar surface area (TPSA) is 60.2 Å². The van der Waals surface area contributed by atoms with Crippen LogP contribution in [0.5, 0.6) is 0 Å². The van der Waals surface area contributed by atoms with Gasteiger partial charge in [-0.3, -0.25) is 0 Å². The van der Waals surface area contributed by atoms with E-state index >= 15 is 0 Å². The second-order valence-electron chi connectivity index (χ2n) is 4.96. The molecule has 0 amide bonds. The van der Waals surface area contributed by atoms with Gasteiger partial charge in [0, 0.05) is 9.89 Å². The standard InChI is InChI=1S/C12H15BrFNO2S/c13-10-1-2-11(14)9(5-10)6-12(7-15)3-4-18(16,17)8-12/h1-2,5H,3-4,6-8,15H2. The first-order valence-corrected chi connectivity index (χ1v) is 8.32. The van der Waals surface area contributed by atoms with E-state index in [-0.39, 0.29) is 23.9 Å². The lowest BCUT2D eigenvalue weighted by Gasteiger charge is -2.26. The van der Waals surface area contributed by atoms with E-state index in [0.29, 0.717) is 18.4 Å². The van der Waals surface area contributed by atoms with Gasteiger partial charge in [-0.15, -0.1) is 0 Å². The van der Waals surface area contributed by atoms with Crippen LogP contribution in [0.15, 0.2) is 22.7 Å². The van der Waals surface area contributed by atoms with Crippen molar-refractivity contribution >= 4 is 25.8 Å². The fourth-order valence-corrected chi connectivity index (χ4v) is 5.03. The third kappa shape index (κ3) is 2.92. The van der Waals surface area contributed by atoms with Crippen molar-refractivity contribution in [2.24, 2.45) is 11.1 Å². The number of sulfone groups is 1. The third-order valence-corrected chi connectivity index (χ3v) is 5.85. The average molecular weight is 336 g/mol. The first kappa shape index (κ1) is 14.0. The van der Waals surface area contributed by atoms with Gasteiger partial charge in [0.1, 0.15) is 5.82 Å². The summed E-state index contributed by atoms with van der Waals surface area (Å²) in [6.07, 6.45) is 0.881. The van der Waals surface area contributed by atoms with Gasteiger partial charge in [0.05, 0.1) is 11.5 Å². The molecule has 100 valence electrons. The van der Waals surface area contributed by atoms with Crippen LogP contribution in [-0.2, 0) is 16.3 Å². The second kappa shape index (κ2) is 4.90. The molecular weight excluding hydrogens is 321 g/mol. The van der Waals surface area contributed by atoms with Crippen molar-refractivity contribution in [3.05, 3.63) is 34.1 Å². The zero-order chi connectivity index (χ0) is 13.4. The number of nitrogens with two attached hydrogens (primary N) is 1. The summed E-state index contributed by atoms with van der Waals surface area (Å²) >= 11 is 3.29. The molecule has 2 rings (SSSR count). The molecular formula is C12H15BrFNO2S. The lowest BCUT2D eigenvalue weighted by molar-refractivity contribution is 0.339. The van der Waals surface area contributed by atoms with E-state index in [4.69, 9.17) is 5.73 Å². The van der Waals surface area contributed by atoms with Crippen molar-refractivity contribution in [2.45, 2.75) is 12.8 Å². The average Bonchev–Trinajstić information content (AvgIpc) is 2.60. The Labute approximate surface area is 115 Å². The molecule has 18 heavy (non-hydrogen) atoms. The van der Waals surface area contributed by atoms with Crippen LogP contribution in [0.25, 0.3) is 0 Å². The zero-order valence-corrected chi connectivity index (χ0v) is 12.2. The second-order valence-corrected chi connectivity index (χ2v) is 8.06. The van der Waals surface area contributed by atoms with Gasteiger partial charge in [-0.05, 0) is 43.1 Å². The molecule has 1 atom stereocenters. The van der Waals surface area contributed by atoms with Gasteiger partial charge in [0.15, 0.2) is 9.84 Å². The molecule has 6 heteroatoms. The van der Waals surface area contributed by atoms with Crippen molar-refractivity contribution in [2.75, 3.05) is 18.1 Å². The normalized spacial score (nSPS) is 26.4. The first-order chi connectivity index (χ1) is 8.36. The van der Waals surface area contributed by atoms with Crippen molar-refractivity contribution in [3.63, 3.8) is 0 Å². The fourth-order valence-electron chi connectivity index (χ4n) is 2.44. The van der Waals surface area contributed by atoms with Crippen LogP contribution in [0.2, 0.25) is 0 Å². The third-order valence-electron chi connectivity index (χ3n) is 3.48. The maximum absolute atomic E-state index is 13.7. The number of benzene rings is 1. The van der Waals surface area contributed by atoms with Crippen LogP contribution in [-0.4, -0.2) is 26.5 Å².